The van der Waals surface area contributed by atoms with Crippen molar-refractivity contribution in [2.75, 3.05) is 13.7 Å². The van der Waals surface area contributed by atoms with Crippen molar-refractivity contribution in [2.24, 2.45) is 0 Å². The molecule has 0 radical (unpaired) electrons. The predicted molar refractivity (Wildman–Crippen MR) is 75.5 cm³/mol. The maximum atomic E-state index is 11.9. The van der Waals surface area contributed by atoms with Gasteiger partial charge in [0.05, 0.1) is 19.1 Å². The van der Waals surface area contributed by atoms with Gasteiger partial charge in [-0.2, -0.15) is 0 Å². The Kier molecular flexibility index (Phi) is 4.67. The maximum absolute atomic E-state index is 11.9. The standard InChI is InChI=1S/C15H19NO5/c1-20-11-3-5-12(6-4-11)21-10-13(17)16-15(7-2-8-15)9-14(18)19/h3-6H,2,7-10H2,1H3,(H,16,17)(H,18,19). The van der Waals surface area contributed by atoms with E-state index in [1.807, 2.05) is 0 Å². The topological polar surface area (TPSA) is 84.9 Å². The molecule has 1 fully saturated rings. The first-order valence-electron chi connectivity index (χ1n) is 6.83. The Hall–Kier alpha value is -2.24. The molecular weight excluding hydrogens is 274 g/mol. The SMILES string of the molecule is COc1ccc(OCC(=O)NC2(CC(=O)O)CCC2)cc1. The van der Waals surface area contributed by atoms with Gasteiger partial charge >= 0.3 is 5.97 Å². The second-order valence-electron chi connectivity index (χ2n) is 5.22. The molecule has 1 aromatic rings. The van der Waals surface area contributed by atoms with E-state index in [0.717, 1.165) is 6.42 Å². The van der Waals surface area contributed by atoms with Gasteiger partial charge in [-0.15, -0.1) is 0 Å². The average Bonchev–Trinajstić information content (AvgIpc) is 2.43. The molecule has 0 spiro atoms. The number of rotatable bonds is 7. The minimum Gasteiger partial charge on any atom is -0.497 e. The highest BCUT2D eigenvalue weighted by atomic mass is 16.5. The summed E-state index contributed by atoms with van der Waals surface area (Å²) in [4.78, 5) is 22.7. The van der Waals surface area contributed by atoms with Crippen molar-refractivity contribution in [2.45, 2.75) is 31.2 Å². The van der Waals surface area contributed by atoms with E-state index in [9.17, 15) is 9.59 Å². The lowest BCUT2D eigenvalue weighted by Gasteiger charge is -2.41. The van der Waals surface area contributed by atoms with Gasteiger partial charge in [0, 0.05) is 0 Å². The number of carbonyl (C=O) groups is 2. The van der Waals surface area contributed by atoms with Crippen molar-refractivity contribution in [1.29, 1.82) is 0 Å². The molecule has 6 heteroatoms. The van der Waals surface area contributed by atoms with Crippen molar-refractivity contribution in [3.05, 3.63) is 24.3 Å². The van der Waals surface area contributed by atoms with E-state index in [-0.39, 0.29) is 18.9 Å². The second kappa shape index (κ2) is 6.47. The van der Waals surface area contributed by atoms with E-state index >= 15 is 0 Å². The van der Waals surface area contributed by atoms with Crippen LogP contribution in [0.3, 0.4) is 0 Å². The molecule has 0 heterocycles. The van der Waals surface area contributed by atoms with Crippen molar-refractivity contribution in [3.63, 3.8) is 0 Å². The van der Waals surface area contributed by atoms with Gasteiger partial charge in [0.15, 0.2) is 6.61 Å². The number of carboxylic acids is 1. The third kappa shape index (κ3) is 4.11. The van der Waals surface area contributed by atoms with Crippen molar-refractivity contribution < 1.29 is 24.2 Å². The van der Waals surface area contributed by atoms with Crippen molar-refractivity contribution in [1.82, 2.24) is 5.32 Å². The molecular formula is C15H19NO5. The monoisotopic (exact) mass is 293 g/mol. The minimum absolute atomic E-state index is 0.0404. The lowest BCUT2D eigenvalue weighted by Crippen LogP contribution is -2.55. The Balaban J connectivity index is 1.82. The Morgan fingerprint density at radius 2 is 1.86 bits per heavy atom. The average molecular weight is 293 g/mol. The molecule has 1 saturated carbocycles. The highest BCUT2D eigenvalue weighted by Crippen LogP contribution is 2.34. The summed E-state index contributed by atoms with van der Waals surface area (Å²) in [6.07, 6.45) is 2.30. The Bertz CT molecular complexity index is 507. The van der Waals surface area contributed by atoms with Crippen LogP contribution in [-0.2, 0) is 9.59 Å². The largest absolute Gasteiger partial charge is 0.497 e. The van der Waals surface area contributed by atoms with Crippen LogP contribution in [0.5, 0.6) is 11.5 Å². The molecule has 1 aromatic carbocycles. The van der Waals surface area contributed by atoms with Crippen LogP contribution < -0.4 is 14.8 Å². The first kappa shape index (κ1) is 15.2. The zero-order chi connectivity index (χ0) is 15.3. The number of ether oxygens (including phenoxy) is 2. The number of carboxylic acid groups (broad SMARTS) is 1. The highest BCUT2D eigenvalue weighted by molar-refractivity contribution is 5.80. The first-order chi connectivity index (χ1) is 10.0. The van der Waals surface area contributed by atoms with E-state index in [4.69, 9.17) is 14.6 Å². The molecule has 21 heavy (non-hydrogen) atoms. The highest BCUT2D eigenvalue weighted by Gasteiger charge is 2.40. The number of aliphatic carboxylic acids is 1. The summed E-state index contributed by atoms with van der Waals surface area (Å²) in [7, 11) is 1.57. The number of nitrogens with one attached hydrogen (secondary N) is 1. The van der Waals surface area contributed by atoms with Gasteiger partial charge in [-0.3, -0.25) is 9.59 Å². The van der Waals surface area contributed by atoms with Gasteiger partial charge < -0.3 is 19.9 Å². The second-order valence-corrected chi connectivity index (χ2v) is 5.22. The number of hydrogen-bond donors (Lipinski definition) is 2. The number of benzene rings is 1. The van der Waals surface area contributed by atoms with Gasteiger partial charge in [0.1, 0.15) is 11.5 Å². The molecule has 2 rings (SSSR count). The summed E-state index contributed by atoms with van der Waals surface area (Å²) >= 11 is 0. The van der Waals surface area contributed by atoms with Crippen LogP contribution in [0.4, 0.5) is 0 Å². The molecule has 2 N–H and O–H groups in total. The van der Waals surface area contributed by atoms with Crippen LogP contribution in [-0.4, -0.2) is 36.2 Å². The summed E-state index contributed by atoms with van der Waals surface area (Å²) in [5.41, 5.74) is -0.591. The van der Waals surface area contributed by atoms with Gasteiger partial charge in [0.2, 0.25) is 0 Å². The molecule has 0 unspecified atom stereocenters. The van der Waals surface area contributed by atoms with Gasteiger partial charge in [-0.1, -0.05) is 0 Å². The first-order valence-corrected chi connectivity index (χ1v) is 6.83. The quantitative estimate of drug-likeness (QED) is 0.797. The van der Waals surface area contributed by atoms with E-state index in [0.29, 0.717) is 24.3 Å². The molecule has 0 aliphatic heterocycles. The maximum Gasteiger partial charge on any atom is 0.305 e. The van der Waals surface area contributed by atoms with Crippen molar-refractivity contribution >= 4 is 11.9 Å². The van der Waals surface area contributed by atoms with E-state index in [2.05, 4.69) is 5.32 Å². The molecule has 1 amide bonds. The summed E-state index contributed by atoms with van der Waals surface area (Å²) < 4.78 is 10.4. The zero-order valence-corrected chi connectivity index (χ0v) is 11.9. The van der Waals surface area contributed by atoms with E-state index in [1.54, 1.807) is 31.4 Å². The lowest BCUT2D eigenvalue weighted by molar-refractivity contribution is -0.140. The fraction of sp³-hybridized carbons (Fsp3) is 0.467. The molecule has 114 valence electrons. The fourth-order valence-corrected chi connectivity index (χ4v) is 2.39. The normalized spacial score (nSPS) is 15.7. The third-order valence-electron chi connectivity index (χ3n) is 3.63. The summed E-state index contributed by atoms with van der Waals surface area (Å²) in [6.45, 7) is -0.131. The third-order valence-corrected chi connectivity index (χ3v) is 3.63. The van der Waals surface area contributed by atoms with Crippen LogP contribution in [0, 0.1) is 0 Å². The van der Waals surface area contributed by atoms with Gasteiger partial charge in [0.25, 0.3) is 5.91 Å². The van der Waals surface area contributed by atoms with Crippen LogP contribution in [0.2, 0.25) is 0 Å². The molecule has 0 atom stereocenters. The zero-order valence-electron chi connectivity index (χ0n) is 11.9. The lowest BCUT2D eigenvalue weighted by atomic mass is 9.74. The van der Waals surface area contributed by atoms with Gasteiger partial charge in [-0.05, 0) is 43.5 Å². The molecule has 0 saturated heterocycles. The molecule has 1 aliphatic carbocycles. The van der Waals surface area contributed by atoms with Crippen LogP contribution in [0.1, 0.15) is 25.7 Å². The Labute approximate surface area is 123 Å². The summed E-state index contributed by atoms with van der Waals surface area (Å²) in [5.74, 6) is 0.0753. The van der Waals surface area contributed by atoms with Crippen LogP contribution in [0.25, 0.3) is 0 Å². The molecule has 1 aliphatic rings. The van der Waals surface area contributed by atoms with E-state index < -0.39 is 11.5 Å². The van der Waals surface area contributed by atoms with Crippen molar-refractivity contribution in [3.8, 4) is 11.5 Å². The minimum atomic E-state index is -0.897. The number of hydrogen-bond acceptors (Lipinski definition) is 4. The predicted octanol–water partition coefficient (Wildman–Crippen LogP) is 1.59. The Morgan fingerprint density at radius 3 is 2.33 bits per heavy atom. The summed E-state index contributed by atoms with van der Waals surface area (Å²) in [5, 5.41) is 11.7. The Morgan fingerprint density at radius 1 is 1.24 bits per heavy atom. The fourth-order valence-electron chi connectivity index (χ4n) is 2.39. The smallest absolute Gasteiger partial charge is 0.305 e. The molecule has 0 bridgehead atoms. The molecule has 0 aromatic heterocycles. The van der Waals surface area contributed by atoms with E-state index in [1.165, 1.54) is 0 Å². The number of methoxy groups -OCH3 is 1. The number of carbonyl (C=O) groups excluding carboxylic acids is 1. The van der Waals surface area contributed by atoms with Gasteiger partial charge in [-0.25, -0.2) is 0 Å². The number of amides is 1. The van der Waals surface area contributed by atoms with Crippen LogP contribution >= 0.6 is 0 Å². The summed E-state index contributed by atoms with van der Waals surface area (Å²) in [6, 6.07) is 6.90. The molecule has 6 nitrogen and oxygen atoms in total. The van der Waals surface area contributed by atoms with Crippen LogP contribution in [0.15, 0.2) is 24.3 Å².